The van der Waals surface area contributed by atoms with Crippen molar-refractivity contribution in [2.75, 3.05) is 6.61 Å². The first-order valence-electron chi connectivity index (χ1n) is 11.1. The van der Waals surface area contributed by atoms with Crippen LogP contribution in [0.5, 0.6) is 5.75 Å². The monoisotopic (exact) mass is 481 g/mol. The molecule has 0 atom stereocenters. The van der Waals surface area contributed by atoms with Gasteiger partial charge in [0.05, 0.1) is 12.1 Å². The summed E-state index contributed by atoms with van der Waals surface area (Å²) in [7, 11) is 0. The van der Waals surface area contributed by atoms with Crippen LogP contribution in [0.25, 0.3) is 21.8 Å². The molecule has 0 saturated heterocycles. The fourth-order valence-corrected chi connectivity index (χ4v) is 4.12. The molecule has 3 heterocycles. The van der Waals surface area contributed by atoms with Gasteiger partial charge >= 0.3 is 0 Å². The van der Waals surface area contributed by atoms with Crippen molar-refractivity contribution >= 4 is 21.8 Å². The summed E-state index contributed by atoms with van der Waals surface area (Å²) in [5.41, 5.74) is 4.91. The van der Waals surface area contributed by atoms with E-state index < -0.39 is 0 Å². The highest BCUT2D eigenvalue weighted by Gasteiger charge is 2.20. The summed E-state index contributed by atoms with van der Waals surface area (Å²) in [6.07, 6.45) is 6.21. The quantitative estimate of drug-likeness (QED) is 0.362. The number of fused-ring (bicyclic) bond motifs is 3. The molecule has 0 bridgehead atoms. The van der Waals surface area contributed by atoms with Crippen molar-refractivity contribution in [1.82, 2.24) is 9.55 Å². The standard InChI is InChI=1S/C26H32N3O.BrH/c1-5-14-29-25-17-22(30-16-12-19(2)3)9-10-23(25)24-11-15-28(20(4)26(24)29)18-21-8-6-7-13-27-21;/h6-11,13,15,17,19H,5,12,14,16,18H2,1-4H3;1H/q+1;/p-1. The van der Waals surface area contributed by atoms with Crippen molar-refractivity contribution in [2.45, 2.75) is 53.6 Å². The van der Waals surface area contributed by atoms with Crippen LogP contribution >= 0.6 is 0 Å². The van der Waals surface area contributed by atoms with Gasteiger partial charge in [0.25, 0.3) is 0 Å². The van der Waals surface area contributed by atoms with Crippen LogP contribution in [0.15, 0.2) is 54.9 Å². The maximum Gasteiger partial charge on any atom is 0.203 e. The van der Waals surface area contributed by atoms with Crippen LogP contribution in [0.3, 0.4) is 0 Å². The number of hydrogen-bond donors (Lipinski definition) is 0. The molecule has 31 heavy (non-hydrogen) atoms. The van der Waals surface area contributed by atoms with E-state index in [2.05, 4.69) is 78.3 Å². The molecule has 0 aliphatic heterocycles. The number of aromatic nitrogens is 3. The summed E-state index contributed by atoms with van der Waals surface area (Å²) in [5, 5.41) is 2.60. The van der Waals surface area contributed by atoms with E-state index in [1.165, 1.54) is 27.5 Å². The predicted molar refractivity (Wildman–Crippen MR) is 123 cm³/mol. The number of aryl methyl sites for hydroxylation is 2. The van der Waals surface area contributed by atoms with Crippen molar-refractivity contribution in [3.8, 4) is 5.75 Å². The van der Waals surface area contributed by atoms with Crippen LogP contribution in [0.1, 0.15) is 45.0 Å². The Bertz CT molecular complexity index is 1150. The third-order valence-corrected chi connectivity index (χ3v) is 5.74. The lowest BCUT2D eigenvalue weighted by atomic mass is 10.1. The van der Waals surface area contributed by atoms with Crippen molar-refractivity contribution in [3.05, 3.63) is 66.2 Å². The molecule has 4 aromatic rings. The molecule has 0 spiro atoms. The van der Waals surface area contributed by atoms with Gasteiger partial charge in [0.2, 0.25) is 5.69 Å². The number of halogens is 1. The fraction of sp³-hybridized carbons (Fsp3) is 0.385. The van der Waals surface area contributed by atoms with Gasteiger partial charge in [0.15, 0.2) is 12.7 Å². The molecule has 0 radical (unpaired) electrons. The summed E-state index contributed by atoms with van der Waals surface area (Å²) in [4.78, 5) is 4.50. The van der Waals surface area contributed by atoms with Crippen LogP contribution in [-0.4, -0.2) is 16.2 Å². The van der Waals surface area contributed by atoms with Crippen molar-refractivity contribution < 1.29 is 26.3 Å². The molecule has 3 aromatic heterocycles. The average Bonchev–Trinajstić information content (AvgIpc) is 3.05. The Morgan fingerprint density at radius 1 is 1.10 bits per heavy atom. The molecule has 0 unspecified atom stereocenters. The van der Waals surface area contributed by atoms with E-state index in [4.69, 9.17) is 4.74 Å². The van der Waals surface area contributed by atoms with Crippen LogP contribution in [0, 0.1) is 12.8 Å². The maximum absolute atomic E-state index is 6.06. The van der Waals surface area contributed by atoms with Gasteiger partial charge in [-0.1, -0.05) is 26.8 Å². The van der Waals surface area contributed by atoms with Gasteiger partial charge in [0, 0.05) is 42.6 Å². The van der Waals surface area contributed by atoms with Gasteiger partial charge in [0.1, 0.15) is 17.0 Å². The van der Waals surface area contributed by atoms with E-state index in [1.807, 2.05) is 18.3 Å². The summed E-state index contributed by atoms with van der Waals surface area (Å²) < 4.78 is 10.8. The Hall–Kier alpha value is -2.40. The number of ether oxygens (including phenoxy) is 1. The highest BCUT2D eigenvalue weighted by molar-refractivity contribution is 6.08. The van der Waals surface area contributed by atoms with Crippen molar-refractivity contribution in [2.24, 2.45) is 5.92 Å². The van der Waals surface area contributed by atoms with Gasteiger partial charge in [-0.25, -0.2) is 0 Å². The lowest BCUT2D eigenvalue weighted by Gasteiger charge is -2.10. The molecule has 0 N–H and O–H groups in total. The molecule has 4 nitrogen and oxygen atoms in total. The lowest BCUT2D eigenvalue weighted by Crippen LogP contribution is -3.00. The number of pyridine rings is 2. The van der Waals surface area contributed by atoms with E-state index in [9.17, 15) is 0 Å². The van der Waals surface area contributed by atoms with Crippen LogP contribution < -0.4 is 26.3 Å². The van der Waals surface area contributed by atoms with E-state index in [0.29, 0.717) is 5.92 Å². The Labute approximate surface area is 195 Å². The Morgan fingerprint density at radius 2 is 1.94 bits per heavy atom. The number of nitrogens with zero attached hydrogens (tertiary/aromatic N) is 3. The van der Waals surface area contributed by atoms with Crippen LogP contribution in [-0.2, 0) is 13.1 Å². The van der Waals surface area contributed by atoms with E-state index in [-0.39, 0.29) is 17.0 Å². The second-order valence-corrected chi connectivity index (χ2v) is 8.47. The SMILES string of the molecule is CCCn1c2cc(OCCC(C)C)ccc2c2cc[n+](Cc3ccccn3)c(C)c21.[Br-]. The Morgan fingerprint density at radius 3 is 2.65 bits per heavy atom. The molecular formula is C26H32BrN3O. The zero-order valence-electron chi connectivity index (χ0n) is 18.9. The minimum atomic E-state index is 0. The van der Waals surface area contributed by atoms with Gasteiger partial charge < -0.3 is 26.3 Å². The molecule has 1 aromatic carbocycles. The molecule has 164 valence electrons. The first-order valence-corrected chi connectivity index (χ1v) is 11.1. The smallest absolute Gasteiger partial charge is 0.203 e. The minimum Gasteiger partial charge on any atom is -1.00 e. The number of benzene rings is 1. The first kappa shape index (κ1) is 23.3. The van der Waals surface area contributed by atoms with Crippen LogP contribution in [0.4, 0.5) is 0 Å². The number of rotatable bonds is 8. The average molecular weight is 482 g/mol. The Kier molecular flexibility index (Phi) is 7.71. The minimum absolute atomic E-state index is 0. The normalized spacial score (nSPS) is 11.3. The second-order valence-electron chi connectivity index (χ2n) is 8.47. The molecule has 0 aliphatic carbocycles. The topological polar surface area (TPSA) is 30.9 Å². The molecule has 0 aliphatic rings. The summed E-state index contributed by atoms with van der Waals surface area (Å²) in [6.45, 7) is 11.4. The van der Waals surface area contributed by atoms with Crippen molar-refractivity contribution in [1.29, 1.82) is 0 Å². The Balaban J connectivity index is 0.00000272. The molecule has 0 saturated carbocycles. The zero-order chi connectivity index (χ0) is 21.1. The lowest BCUT2D eigenvalue weighted by molar-refractivity contribution is -0.693. The third kappa shape index (κ3) is 4.93. The molecule has 0 amide bonds. The van der Waals surface area contributed by atoms with Gasteiger partial charge in [-0.05, 0) is 43.0 Å². The van der Waals surface area contributed by atoms with E-state index in [1.54, 1.807) is 0 Å². The van der Waals surface area contributed by atoms with Gasteiger partial charge in [-0.15, -0.1) is 0 Å². The van der Waals surface area contributed by atoms with Crippen molar-refractivity contribution in [3.63, 3.8) is 0 Å². The highest BCUT2D eigenvalue weighted by atomic mass is 79.9. The third-order valence-electron chi connectivity index (χ3n) is 5.74. The molecule has 0 fully saturated rings. The number of hydrogen-bond acceptors (Lipinski definition) is 2. The summed E-state index contributed by atoms with van der Waals surface area (Å²) in [6, 6.07) is 14.9. The summed E-state index contributed by atoms with van der Waals surface area (Å²) in [5.74, 6) is 1.61. The zero-order valence-corrected chi connectivity index (χ0v) is 20.5. The molecular weight excluding hydrogens is 450 g/mol. The van der Waals surface area contributed by atoms with Gasteiger partial charge in [-0.3, -0.25) is 4.98 Å². The van der Waals surface area contributed by atoms with Crippen LogP contribution in [0.2, 0.25) is 0 Å². The predicted octanol–water partition coefficient (Wildman–Crippen LogP) is 2.67. The maximum atomic E-state index is 6.06. The first-order chi connectivity index (χ1) is 14.6. The largest absolute Gasteiger partial charge is 1.00 e. The molecule has 5 heteroatoms. The van der Waals surface area contributed by atoms with Gasteiger partial charge in [-0.2, -0.15) is 4.57 Å². The second kappa shape index (κ2) is 10.3. The van der Waals surface area contributed by atoms with E-state index >= 15 is 0 Å². The highest BCUT2D eigenvalue weighted by Crippen LogP contribution is 2.32. The summed E-state index contributed by atoms with van der Waals surface area (Å²) >= 11 is 0. The fourth-order valence-electron chi connectivity index (χ4n) is 4.12. The van der Waals surface area contributed by atoms with E-state index in [0.717, 1.165) is 44.0 Å². The molecule has 4 rings (SSSR count).